The van der Waals surface area contributed by atoms with Crippen molar-refractivity contribution in [3.63, 3.8) is 0 Å². The Hall–Kier alpha value is -3.88. The Morgan fingerprint density at radius 2 is 0.882 bits per heavy atom. The Balaban J connectivity index is 0.00000289. The first-order chi connectivity index (χ1) is 15.3. The van der Waals surface area contributed by atoms with Crippen LogP contribution in [0, 0.1) is 10.8 Å². The van der Waals surface area contributed by atoms with Crippen LogP contribution in [0.3, 0.4) is 0 Å². The SMILES string of the molecule is Cl.Cl.N=C(N)Cc1ccc(NC(=O)c2ccc(C(=O)Nc3ccc(CC(=N)N)cc3)cc2)cc1. The largest absolute Gasteiger partial charge is 0.387 e. The summed E-state index contributed by atoms with van der Waals surface area (Å²) in [6, 6.07) is 20.6. The molecule has 0 saturated heterocycles. The van der Waals surface area contributed by atoms with Gasteiger partial charge in [-0.2, -0.15) is 0 Å². The van der Waals surface area contributed by atoms with Crippen LogP contribution >= 0.6 is 24.8 Å². The number of benzene rings is 3. The molecule has 0 saturated carbocycles. The Bertz CT molecular complexity index is 1060. The van der Waals surface area contributed by atoms with Crippen LogP contribution in [0.5, 0.6) is 0 Å². The lowest BCUT2D eigenvalue weighted by molar-refractivity contribution is 0.101. The maximum Gasteiger partial charge on any atom is 0.255 e. The Kier molecular flexibility index (Phi) is 10.7. The van der Waals surface area contributed by atoms with Crippen LogP contribution in [0.1, 0.15) is 31.8 Å². The third-order valence-electron chi connectivity index (χ3n) is 4.62. The first kappa shape index (κ1) is 28.2. The highest BCUT2D eigenvalue weighted by Gasteiger charge is 2.10. The second kappa shape index (κ2) is 13.0. The van der Waals surface area contributed by atoms with Crippen LogP contribution in [-0.4, -0.2) is 23.5 Å². The summed E-state index contributed by atoms with van der Waals surface area (Å²) in [5.74, 6) is -0.429. The van der Waals surface area contributed by atoms with Crippen LogP contribution in [0.15, 0.2) is 72.8 Å². The molecule has 8 nitrogen and oxygen atoms in total. The summed E-state index contributed by atoms with van der Waals surface area (Å²) >= 11 is 0. The molecule has 3 rings (SSSR count). The molecular formula is C24H26Cl2N6O2. The minimum atomic E-state index is -0.294. The molecule has 0 aliphatic heterocycles. The molecule has 3 aromatic rings. The van der Waals surface area contributed by atoms with Gasteiger partial charge < -0.3 is 22.1 Å². The lowest BCUT2D eigenvalue weighted by Crippen LogP contribution is -2.15. The summed E-state index contributed by atoms with van der Waals surface area (Å²) in [5, 5.41) is 20.2. The van der Waals surface area contributed by atoms with Gasteiger partial charge in [0.05, 0.1) is 11.7 Å². The molecule has 8 N–H and O–H groups in total. The number of anilines is 2. The van der Waals surface area contributed by atoms with E-state index < -0.39 is 0 Å². The second-order valence-electron chi connectivity index (χ2n) is 7.28. The normalized spacial score (nSPS) is 9.65. The predicted octanol–water partition coefficient (Wildman–Crippen LogP) is 3.99. The number of amides is 2. The zero-order valence-corrected chi connectivity index (χ0v) is 19.8. The smallest absolute Gasteiger partial charge is 0.255 e. The van der Waals surface area contributed by atoms with Gasteiger partial charge in [0.25, 0.3) is 11.8 Å². The van der Waals surface area contributed by atoms with E-state index in [1.54, 1.807) is 72.8 Å². The fourth-order valence-corrected chi connectivity index (χ4v) is 3.03. The fourth-order valence-electron chi connectivity index (χ4n) is 3.03. The summed E-state index contributed by atoms with van der Waals surface area (Å²) in [4.78, 5) is 24.9. The molecule has 2 amide bonds. The van der Waals surface area contributed by atoms with Crippen molar-refractivity contribution in [3.8, 4) is 0 Å². The molecule has 0 aromatic heterocycles. The zero-order chi connectivity index (χ0) is 23.1. The molecule has 0 bridgehead atoms. The van der Waals surface area contributed by atoms with Gasteiger partial charge in [-0.1, -0.05) is 24.3 Å². The fraction of sp³-hybridized carbons (Fsp3) is 0.0833. The molecule has 0 atom stereocenters. The van der Waals surface area contributed by atoms with Crippen molar-refractivity contribution in [2.24, 2.45) is 11.5 Å². The van der Waals surface area contributed by atoms with E-state index in [4.69, 9.17) is 22.3 Å². The maximum atomic E-state index is 12.5. The Morgan fingerprint density at radius 3 is 1.15 bits per heavy atom. The third kappa shape index (κ3) is 8.23. The van der Waals surface area contributed by atoms with Crippen molar-refractivity contribution >= 4 is 59.7 Å². The first-order valence-corrected chi connectivity index (χ1v) is 9.86. The molecule has 178 valence electrons. The van der Waals surface area contributed by atoms with Gasteiger partial charge in [0.1, 0.15) is 0 Å². The molecule has 3 aromatic carbocycles. The molecule has 0 unspecified atom stereocenters. The van der Waals surface area contributed by atoms with Crippen LogP contribution in [0.2, 0.25) is 0 Å². The average molecular weight is 501 g/mol. The van der Waals surface area contributed by atoms with Crippen molar-refractivity contribution in [2.75, 3.05) is 10.6 Å². The highest BCUT2D eigenvalue weighted by atomic mass is 35.5. The number of amidine groups is 2. The standard InChI is InChI=1S/C24H24N6O2.2ClH/c25-21(26)13-15-1-9-19(10-2-15)29-23(31)17-5-7-18(8-6-17)24(32)30-20-11-3-16(4-12-20)14-22(27)28;;/h1-12H,13-14H2,(H3,25,26)(H3,27,28)(H,29,31)(H,30,32);2*1H. The van der Waals surface area contributed by atoms with Gasteiger partial charge in [-0.25, -0.2) is 0 Å². The summed E-state index contributed by atoms with van der Waals surface area (Å²) in [7, 11) is 0. The van der Waals surface area contributed by atoms with Crippen molar-refractivity contribution in [2.45, 2.75) is 12.8 Å². The van der Waals surface area contributed by atoms with E-state index >= 15 is 0 Å². The van der Waals surface area contributed by atoms with Gasteiger partial charge >= 0.3 is 0 Å². The van der Waals surface area contributed by atoms with Crippen molar-refractivity contribution in [1.82, 2.24) is 0 Å². The number of hydrogen-bond acceptors (Lipinski definition) is 4. The second-order valence-corrected chi connectivity index (χ2v) is 7.28. The highest BCUT2D eigenvalue weighted by molar-refractivity contribution is 6.07. The quantitative estimate of drug-likeness (QED) is 0.204. The molecular weight excluding hydrogens is 475 g/mol. The van der Waals surface area contributed by atoms with Gasteiger partial charge in [-0.15, -0.1) is 24.8 Å². The van der Waals surface area contributed by atoms with Crippen molar-refractivity contribution < 1.29 is 9.59 Å². The number of nitrogens with one attached hydrogen (secondary N) is 4. The molecule has 0 heterocycles. The van der Waals surface area contributed by atoms with E-state index in [0.29, 0.717) is 35.3 Å². The third-order valence-corrected chi connectivity index (χ3v) is 4.62. The van der Waals surface area contributed by atoms with E-state index in [2.05, 4.69) is 10.6 Å². The van der Waals surface area contributed by atoms with Crippen LogP contribution < -0.4 is 22.1 Å². The van der Waals surface area contributed by atoms with E-state index in [1.165, 1.54) is 0 Å². The van der Waals surface area contributed by atoms with Gasteiger partial charge in [-0.05, 0) is 59.7 Å². The molecule has 0 spiro atoms. The molecule has 0 aliphatic carbocycles. The average Bonchev–Trinajstić information content (AvgIpc) is 2.76. The van der Waals surface area contributed by atoms with E-state index in [1.807, 2.05) is 0 Å². The number of halogens is 2. The number of carbonyl (C=O) groups is 2. The summed E-state index contributed by atoms with van der Waals surface area (Å²) < 4.78 is 0. The molecule has 0 fully saturated rings. The van der Waals surface area contributed by atoms with Crippen LogP contribution in [0.25, 0.3) is 0 Å². The number of rotatable bonds is 8. The number of carbonyl (C=O) groups excluding carboxylic acids is 2. The lowest BCUT2D eigenvalue weighted by Gasteiger charge is -2.09. The van der Waals surface area contributed by atoms with E-state index in [-0.39, 0.29) is 48.3 Å². The van der Waals surface area contributed by atoms with Crippen LogP contribution in [-0.2, 0) is 12.8 Å². The zero-order valence-electron chi connectivity index (χ0n) is 18.1. The van der Waals surface area contributed by atoms with Crippen LogP contribution in [0.4, 0.5) is 11.4 Å². The minimum absolute atomic E-state index is 0. The van der Waals surface area contributed by atoms with E-state index in [0.717, 1.165) is 11.1 Å². The van der Waals surface area contributed by atoms with Gasteiger partial charge in [0.15, 0.2) is 0 Å². The summed E-state index contributed by atoms with van der Waals surface area (Å²) in [6.45, 7) is 0. The van der Waals surface area contributed by atoms with Gasteiger partial charge in [0.2, 0.25) is 0 Å². The Morgan fingerprint density at radius 1 is 0.588 bits per heavy atom. The van der Waals surface area contributed by atoms with E-state index in [9.17, 15) is 9.59 Å². The number of hydrogen-bond donors (Lipinski definition) is 6. The Labute approximate surface area is 210 Å². The molecule has 0 radical (unpaired) electrons. The monoisotopic (exact) mass is 500 g/mol. The van der Waals surface area contributed by atoms with Gasteiger partial charge in [-0.3, -0.25) is 20.4 Å². The number of nitrogens with two attached hydrogens (primary N) is 2. The molecule has 0 aliphatic rings. The minimum Gasteiger partial charge on any atom is -0.387 e. The van der Waals surface area contributed by atoms with Crippen molar-refractivity contribution in [1.29, 1.82) is 10.8 Å². The van der Waals surface area contributed by atoms with Crippen molar-refractivity contribution in [3.05, 3.63) is 95.1 Å². The highest BCUT2D eigenvalue weighted by Crippen LogP contribution is 2.15. The molecule has 34 heavy (non-hydrogen) atoms. The maximum absolute atomic E-state index is 12.5. The first-order valence-electron chi connectivity index (χ1n) is 9.86. The lowest BCUT2D eigenvalue weighted by atomic mass is 10.1. The summed E-state index contributed by atoms with van der Waals surface area (Å²) in [5.41, 5.74) is 14.6. The predicted molar refractivity (Wildman–Crippen MR) is 141 cm³/mol. The van der Waals surface area contributed by atoms with Gasteiger partial charge in [0, 0.05) is 35.3 Å². The topological polar surface area (TPSA) is 158 Å². The molecule has 10 heteroatoms. The summed E-state index contributed by atoms with van der Waals surface area (Å²) in [6.07, 6.45) is 0.723.